The van der Waals surface area contributed by atoms with Gasteiger partial charge >= 0.3 is 0 Å². The normalized spacial score (nSPS) is 16.7. The van der Waals surface area contributed by atoms with Gasteiger partial charge in [-0.15, -0.1) is 0 Å². The van der Waals surface area contributed by atoms with Crippen LogP contribution in [0.2, 0.25) is 0 Å². The molecule has 182 valence electrons. The first kappa shape index (κ1) is 23.7. The topological polar surface area (TPSA) is 150 Å². The van der Waals surface area contributed by atoms with Crippen LogP contribution in [-0.4, -0.2) is 81.0 Å². The molecule has 4 N–H and O–H groups in total. The largest absolute Gasteiger partial charge is 0.454 e. The van der Waals surface area contributed by atoms with E-state index in [4.69, 9.17) is 32.8 Å². The number of aliphatic hydroxyl groups excluding tert-OH is 2. The maximum absolute atomic E-state index is 12.1. The van der Waals surface area contributed by atoms with Crippen molar-refractivity contribution in [1.82, 2.24) is 24.4 Å². The SMILES string of the molecule is [B]c1cc2c(cc1Sc1nc3c([nH]1)c(=N)ncn3CCC1CCN(C(=O)[C@@H](O)CO)CC1)OCO2. The van der Waals surface area contributed by atoms with Crippen LogP contribution in [0.3, 0.4) is 0 Å². The number of likely N-dealkylation sites (tertiary alicyclic amines) is 1. The Kier molecular flexibility index (Phi) is 6.72. The van der Waals surface area contributed by atoms with Gasteiger partial charge < -0.3 is 34.1 Å². The molecule has 1 amide bonds. The van der Waals surface area contributed by atoms with E-state index in [1.54, 1.807) is 17.3 Å². The number of nitrogens with zero attached hydrogens (tertiary/aromatic N) is 4. The summed E-state index contributed by atoms with van der Waals surface area (Å²) >= 11 is 1.35. The van der Waals surface area contributed by atoms with Crippen molar-refractivity contribution in [2.24, 2.45) is 5.92 Å². The Balaban J connectivity index is 1.27. The maximum atomic E-state index is 12.1. The second-order valence-corrected chi connectivity index (χ2v) is 9.66. The van der Waals surface area contributed by atoms with Crippen molar-refractivity contribution in [3.05, 3.63) is 23.9 Å². The number of H-pyrrole nitrogens is 1. The van der Waals surface area contributed by atoms with Crippen LogP contribution in [0.5, 0.6) is 11.5 Å². The summed E-state index contributed by atoms with van der Waals surface area (Å²) in [4.78, 5) is 26.5. The van der Waals surface area contributed by atoms with Gasteiger partial charge in [0.25, 0.3) is 5.91 Å². The number of aromatic nitrogens is 4. The summed E-state index contributed by atoms with van der Waals surface area (Å²) in [6, 6.07) is 3.55. The monoisotopic (exact) mass is 496 g/mol. The van der Waals surface area contributed by atoms with Gasteiger partial charge in [-0.3, -0.25) is 10.2 Å². The van der Waals surface area contributed by atoms with E-state index in [1.807, 2.05) is 10.6 Å². The Hall–Kier alpha value is -3.03. The molecule has 2 aliphatic heterocycles. The number of nitrogens with one attached hydrogen (secondary N) is 2. The van der Waals surface area contributed by atoms with Crippen molar-refractivity contribution < 1.29 is 24.5 Å². The molecular weight excluding hydrogens is 471 g/mol. The number of piperidine rings is 1. The number of rotatable bonds is 7. The number of fused-ring (bicyclic) bond motifs is 2. The predicted octanol–water partition coefficient (Wildman–Crippen LogP) is -0.106. The van der Waals surface area contributed by atoms with Crippen LogP contribution in [-0.2, 0) is 11.3 Å². The van der Waals surface area contributed by atoms with Crippen molar-refractivity contribution in [3.8, 4) is 11.5 Å². The van der Waals surface area contributed by atoms with Gasteiger partial charge in [0, 0.05) is 24.5 Å². The number of aliphatic hydroxyl groups is 2. The Morgan fingerprint density at radius 3 is 2.80 bits per heavy atom. The smallest absolute Gasteiger partial charge is 0.253 e. The molecule has 0 bridgehead atoms. The zero-order valence-corrected chi connectivity index (χ0v) is 19.8. The van der Waals surface area contributed by atoms with Gasteiger partial charge in [0.15, 0.2) is 33.9 Å². The molecule has 2 radical (unpaired) electrons. The first-order chi connectivity index (χ1) is 16.9. The fourth-order valence-corrected chi connectivity index (χ4v) is 5.19. The van der Waals surface area contributed by atoms with Crippen molar-refractivity contribution in [2.75, 3.05) is 26.5 Å². The molecule has 1 fully saturated rings. The minimum absolute atomic E-state index is 0.114. The van der Waals surface area contributed by atoms with Gasteiger partial charge in [-0.05, 0) is 37.3 Å². The number of aryl methyl sites for hydroxylation is 1. The Bertz CT molecular complexity index is 1310. The summed E-state index contributed by atoms with van der Waals surface area (Å²) < 4.78 is 12.7. The lowest BCUT2D eigenvalue weighted by Crippen LogP contribution is -2.45. The van der Waals surface area contributed by atoms with E-state index in [0.29, 0.717) is 58.8 Å². The lowest BCUT2D eigenvalue weighted by Gasteiger charge is -2.33. The molecule has 0 unspecified atom stereocenters. The quantitative estimate of drug-likeness (QED) is 0.331. The summed E-state index contributed by atoms with van der Waals surface area (Å²) in [6.45, 7) is 1.40. The number of aromatic amines is 1. The Morgan fingerprint density at radius 1 is 1.31 bits per heavy atom. The molecule has 1 atom stereocenters. The molecular formula is C22H25BN6O5S. The summed E-state index contributed by atoms with van der Waals surface area (Å²) in [5, 5.41) is 27.4. The van der Waals surface area contributed by atoms with Crippen LogP contribution in [0.1, 0.15) is 19.3 Å². The third-order valence-electron chi connectivity index (χ3n) is 6.37. The van der Waals surface area contributed by atoms with Gasteiger partial charge in [-0.25, -0.2) is 9.97 Å². The number of carbonyl (C=O) groups excluding carboxylic acids is 1. The van der Waals surface area contributed by atoms with Crippen molar-refractivity contribution in [1.29, 1.82) is 5.41 Å². The van der Waals surface area contributed by atoms with Crippen molar-refractivity contribution >= 4 is 42.1 Å². The number of hydrogen-bond donors (Lipinski definition) is 4. The summed E-state index contributed by atoms with van der Waals surface area (Å²) in [6.07, 6.45) is 2.80. The lowest BCUT2D eigenvalue weighted by atomic mass is 9.93. The molecule has 0 saturated carbocycles. The molecule has 2 aliphatic rings. The van der Waals surface area contributed by atoms with Gasteiger partial charge in [0.2, 0.25) is 6.79 Å². The highest BCUT2D eigenvalue weighted by molar-refractivity contribution is 7.99. The second kappa shape index (κ2) is 9.92. The van der Waals surface area contributed by atoms with Crippen LogP contribution in [0.25, 0.3) is 11.2 Å². The molecule has 5 rings (SSSR count). The van der Waals surface area contributed by atoms with E-state index in [0.717, 1.165) is 24.2 Å². The Morgan fingerprint density at radius 2 is 2.06 bits per heavy atom. The van der Waals surface area contributed by atoms with Crippen LogP contribution in [0.15, 0.2) is 28.5 Å². The van der Waals surface area contributed by atoms with Crippen LogP contribution in [0, 0.1) is 11.3 Å². The average molecular weight is 496 g/mol. The third-order valence-corrected chi connectivity index (χ3v) is 7.33. The number of carbonyl (C=O) groups is 1. The summed E-state index contributed by atoms with van der Waals surface area (Å²) in [5.41, 5.74) is 1.86. The van der Waals surface area contributed by atoms with Gasteiger partial charge in [0.05, 0.1) is 12.9 Å². The van der Waals surface area contributed by atoms with E-state index < -0.39 is 18.6 Å². The fraction of sp³-hybridized carbons (Fsp3) is 0.455. The first-order valence-corrected chi connectivity index (χ1v) is 12.2. The number of hydrogen-bond acceptors (Lipinski definition) is 9. The van der Waals surface area contributed by atoms with Crippen molar-refractivity contribution in [2.45, 2.75) is 42.0 Å². The van der Waals surface area contributed by atoms with E-state index in [2.05, 4.69) is 9.97 Å². The highest BCUT2D eigenvalue weighted by Gasteiger charge is 2.26. The maximum Gasteiger partial charge on any atom is 0.253 e. The first-order valence-electron chi connectivity index (χ1n) is 11.4. The lowest BCUT2D eigenvalue weighted by molar-refractivity contribution is -0.143. The number of benzene rings is 1. The molecule has 0 aliphatic carbocycles. The zero-order valence-electron chi connectivity index (χ0n) is 18.9. The van der Waals surface area contributed by atoms with E-state index in [9.17, 15) is 9.90 Å². The van der Waals surface area contributed by atoms with Crippen LogP contribution >= 0.6 is 11.8 Å². The van der Waals surface area contributed by atoms with Crippen molar-refractivity contribution in [3.63, 3.8) is 0 Å². The summed E-state index contributed by atoms with van der Waals surface area (Å²) in [5.74, 6) is 1.24. The fourth-order valence-electron chi connectivity index (χ4n) is 4.36. The third kappa shape index (κ3) is 4.88. The number of imidazole rings is 1. The standard InChI is InChI=1S/C22H25BN6O5S/c23-13-7-15-16(34-11-33-15)8-17(13)35-22-26-18-19(24)25-10-29(20(18)27-22)6-3-12-1-4-28(5-2-12)21(32)14(31)9-30/h7-8,10,12,14,24,30-31H,1-6,9,11H2,(H,26,27)/t14-/m0/s1. The van der Waals surface area contributed by atoms with E-state index in [1.165, 1.54) is 11.8 Å². The van der Waals surface area contributed by atoms with E-state index >= 15 is 0 Å². The molecule has 4 heterocycles. The molecule has 11 nitrogen and oxygen atoms in total. The average Bonchev–Trinajstić information content (AvgIpc) is 3.50. The molecule has 35 heavy (non-hydrogen) atoms. The Labute approximate surface area is 206 Å². The molecule has 0 spiro atoms. The minimum atomic E-state index is -1.34. The second-order valence-electron chi connectivity index (χ2n) is 8.63. The zero-order chi connectivity index (χ0) is 24.5. The van der Waals surface area contributed by atoms with Gasteiger partial charge in [-0.1, -0.05) is 17.2 Å². The molecule has 1 aromatic carbocycles. The van der Waals surface area contributed by atoms with Gasteiger partial charge in [-0.2, -0.15) is 0 Å². The number of ether oxygens (including phenoxy) is 2. The molecule has 3 aromatic rings. The predicted molar refractivity (Wildman–Crippen MR) is 127 cm³/mol. The number of amides is 1. The molecule has 1 saturated heterocycles. The minimum Gasteiger partial charge on any atom is -0.454 e. The highest BCUT2D eigenvalue weighted by Crippen LogP contribution is 2.36. The van der Waals surface area contributed by atoms with Crippen LogP contribution in [0.4, 0.5) is 0 Å². The highest BCUT2D eigenvalue weighted by atomic mass is 32.2. The van der Waals surface area contributed by atoms with Gasteiger partial charge in [0.1, 0.15) is 13.4 Å². The molecule has 13 heteroatoms. The summed E-state index contributed by atoms with van der Waals surface area (Å²) in [7, 11) is 6.18. The van der Waals surface area contributed by atoms with Crippen LogP contribution < -0.4 is 20.4 Å². The molecule has 2 aromatic heterocycles. The van der Waals surface area contributed by atoms with E-state index in [-0.39, 0.29) is 12.3 Å².